The molecule has 10 heteroatoms. The first-order valence-corrected chi connectivity index (χ1v) is 15.4. The molecule has 3 heterocycles. The zero-order valence-corrected chi connectivity index (χ0v) is 22.5. The highest BCUT2D eigenvalue weighted by molar-refractivity contribution is 7.98. The molecule has 0 saturated carbocycles. The third-order valence-electron chi connectivity index (χ3n) is 6.84. The summed E-state index contributed by atoms with van der Waals surface area (Å²) in [7, 11) is -3.59. The Balaban J connectivity index is 1.21. The molecular formula is C25H30N4O3S3. The molecule has 0 N–H and O–H groups in total. The molecule has 2 fully saturated rings. The maximum absolute atomic E-state index is 13.3. The van der Waals surface area contributed by atoms with Crippen molar-refractivity contribution in [3.63, 3.8) is 0 Å². The van der Waals surface area contributed by atoms with Crippen molar-refractivity contribution in [1.29, 1.82) is 0 Å². The number of piperidine rings is 1. The molecule has 186 valence electrons. The predicted octanol–water partition coefficient (Wildman–Crippen LogP) is 4.08. The van der Waals surface area contributed by atoms with Crippen LogP contribution in [0, 0.1) is 12.8 Å². The third kappa shape index (κ3) is 5.07. The van der Waals surface area contributed by atoms with E-state index in [4.69, 9.17) is 4.98 Å². The summed E-state index contributed by atoms with van der Waals surface area (Å²) in [6.07, 6.45) is 3.50. The van der Waals surface area contributed by atoms with Crippen LogP contribution < -0.4 is 4.90 Å². The first-order chi connectivity index (χ1) is 16.8. The second-order valence-corrected chi connectivity index (χ2v) is 13.0. The fourth-order valence-electron chi connectivity index (χ4n) is 4.75. The molecule has 35 heavy (non-hydrogen) atoms. The van der Waals surface area contributed by atoms with Crippen LogP contribution in [-0.4, -0.2) is 74.0 Å². The SMILES string of the molecule is CSc1ccc2nc(N3CCN(C(=O)C4CCCN(S(=O)(=O)c5ccc(C)cc5)C4)CC3)sc2c1. The lowest BCUT2D eigenvalue weighted by atomic mass is 9.98. The van der Waals surface area contributed by atoms with Crippen molar-refractivity contribution in [3.05, 3.63) is 48.0 Å². The monoisotopic (exact) mass is 530 g/mol. The highest BCUT2D eigenvalue weighted by atomic mass is 32.2. The van der Waals surface area contributed by atoms with Gasteiger partial charge in [-0.15, -0.1) is 11.8 Å². The Morgan fingerprint density at radius 1 is 1.06 bits per heavy atom. The Kier molecular flexibility index (Phi) is 7.07. The Bertz CT molecular complexity index is 1320. The molecule has 1 atom stereocenters. The summed E-state index contributed by atoms with van der Waals surface area (Å²) in [5.74, 6) is -0.217. The zero-order valence-electron chi connectivity index (χ0n) is 20.0. The lowest BCUT2D eigenvalue weighted by Gasteiger charge is -2.38. The number of piperazine rings is 1. The second kappa shape index (κ2) is 10.1. The van der Waals surface area contributed by atoms with E-state index in [-0.39, 0.29) is 18.4 Å². The average molecular weight is 531 g/mol. The summed E-state index contributed by atoms with van der Waals surface area (Å²) < 4.78 is 29.0. The molecule has 1 unspecified atom stereocenters. The molecule has 1 amide bonds. The smallest absolute Gasteiger partial charge is 0.243 e. The van der Waals surface area contributed by atoms with Gasteiger partial charge in [0.25, 0.3) is 0 Å². The van der Waals surface area contributed by atoms with Crippen LogP contribution in [0.1, 0.15) is 18.4 Å². The molecule has 0 bridgehead atoms. The zero-order chi connectivity index (χ0) is 24.6. The van der Waals surface area contributed by atoms with E-state index in [0.717, 1.165) is 35.7 Å². The van der Waals surface area contributed by atoms with E-state index in [1.807, 2.05) is 24.0 Å². The largest absolute Gasteiger partial charge is 0.345 e. The minimum Gasteiger partial charge on any atom is -0.345 e. The van der Waals surface area contributed by atoms with Gasteiger partial charge in [-0.3, -0.25) is 4.79 Å². The molecule has 1 aromatic heterocycles. The lowest BCUT2D eigenvalue weighted by molar-refractivity contribution is -0.137. The van der Waals surface area contributed by atoms with Crippen LogP contribution in [0.2, 0.25) is 0 Å². The number of anilines is 1. The first-order valence-electron chi connectivity index (χ1n) is 11.9. The fraction of sp³-hybridized carbons (Fsp3) is 0.440. The molecular weight excluding hydrogens is 501 g/mol. The number of sulfonamides is 1. The standard InChI is InChI=1S/C25H30N4O3S3/c1-18-5-8-21(9-6-18)35(31,32)29-11-3-4-19(17-29)24(30)27-12-14-28(15-13-27)25-26-22-10-7-20(33-2)16-23(22)34-25/h5-10,16,19H,3-4,11-15,17H2,1-2H3. The Morgan fingerprint density at radius 2 is 1.80 bits per heavy atom. The van der Waals surface area contributed by atoms with E-state index in [9.17, 15) is 13.2 Å². The van der Waals surface area contributed by atoms with E-state index in [0.29, 0.717) is 31.0 Å². The van der Waals surface area contributed by atoms with Crippen molar-refractivity contribution in [2.75, 3.05) is 50.4 Å². The van der Waals surface area contributed by atoms with Crippen LogP contribution in [0.15, 0.2) is 52.3 Å². The number of fused-ring (bicyclic) bond motifs is 1. The predicted molar refractivity (Wildman–Crippen MR) is 143 cm³/mol. The number of aromatic nitrogens is 1. The van der Waals surface area contributed by atoms with Gasteiger partial charge >= 0.3 is 0 Å². The molecule has 0 radical (unpaired) electrons. The Hall–Kier alpha value is -2.14. The molecule has 7 nitrogen and oxygen atoms in total. The number of rotatable bonds is 5. The number of hydrogen-bond acceptors (Lipinski definition) is 7. The van der Waals surface area contributed by atoms with Gasteiger partial charge in [0.2, 0.25) is 15.9 Å². The minimum atomic E-state index is -3.59. The quantitative estimate of drug-likeness (QED) is 0.463. The van der Waals surface area contributed by atoms with Gasteiger partial charge in [-0.2, -0.15) is 4.31 Å². The number of carbonyl (C=O) groups is 1. The highest BCUT2D eigenvalue weighted by Gasteiger charge is 2.36. The van der Waals surface area contributed by atoms with E-state index in [1.54, 1.807) is 35.2 Å². The number of thioether (sulfide) groups is 1. The summed E-state index contributed by atoms with van der Waals surface area (Å²) in [4.78, 5) is 23.8. The maximum Gasteiger partial charge on any atom is 0.243 e. The molecule has 3 aromatic rings. The van der Waals surface area contributed by atoms with Crippen LogP contribution in [0.3, 0.4) is 0 Å². The van der Waals surface area contributed by atoms with E-state index >= 15 is 0 Å². The van der Waals surface area contributed by atoms with Crippen LogP contribution in [0.4, 0.5) is 5.13 Å². The number of carbonyl (C=O) groups excluding carboxylic acids is 1. The number of hydrogen-bond donors (Lipinski definition) is 0. The van der Waals surface area contributed by atoms with Gasteiger partial charge in [0.1, 0.15) is 0 Å². The van der Waals surface area contributed by atoms with Gasteiger partial charge in [0.15, 0.2) is 5.13 Å². The normalized spacial score (nSPS) is 19.9. The number of thiazole rings is 1. The van der Waals surface area contributed by atoms with Crippen molar-refractivity contribution in [1.82, 2.24) is 14.2 Å². The summed E-state index contributed by atoms with van der Waals surface area (Å²) in [5, 5.41) is 0.999. The Morgan fingerprint density at radius 3 is 2.51 bits per heavy atom. The minimum absolute atomic E-state index is 0.0716. The fourth-order valence-corrected chi connectivity index (χ4v) is 7.85. The summed E-state index contributed by atoms with van der Waals surface area (Å²) in [5.41, 5.74) is 2.03. The molecule has 2 aliphatic heterocycles. The van der Waals surface area contributed by atoms with E-state index in [2.05, 4.69) is 29.4 Å². The van der Waals surface area contributed by atoms with Crippen LogP contribution in [0.5, 0.6) is 0 Å². The van der Waals surface area contributed by atoms with Gasteiger partial charge in [0.05, 0.1) is 21.0 Å². The topological polar surface area (TPSA) is 73.8 Å². The second-order valence-electron chi connectivity index (χ2n) is 9.16. The summed E-state index contributed by atoms with van der Waals surface area (Å²) >= 11 is 3.42. The van der Waals surface area contributed by atoms with Crippen molar-refractivity contribution in [2.45, 2.75) is 29.6 Å². The lowest BCUT2D eigenvalue weighted by Crippen LogP contribution is -2.53. The third-order valence-corrected chi connectivity index (χ3v) is 10.5. The van der Waals surface area contributed by atoms with Crippen molar-refractivity contribution in [2.24, 2.45) is 5.92 Å². The number of benzene rings is 2. The van der Waals surface area contributed by atoms with Gasteiger partial charge in [-0.1, -0.05) is 29.0 Å². The van der Waals surface area contributed by atoms with Crippen LogP contribution >= 0.6 is 23.1 Å². The molecule has 0 spiro atoms. The van der Waals surface area contributed by atoms with E-state index < -0.39 is 10.0 Å². The first kappa shape index (κ1) is 24.5. The van der Waals surface area contributed by atoms with Gasteiger partial charge in [-0.25, -0.2) is 13.4 Å². The van der Waals surface area contributed by atoms with Crippen molar-refractivity contribution in [3.8, 4) is 0 Å². The molecule has 0 aliphatic carbocycles. The maximum atomic E-state index is 13.3. The molecule has 5 rings (SSSR count). The summed E-state index contributed by atoms with van der Waals surface area (Å²) in [6, 6.07) is 13.3. The van der Waals surface area contributed by atoms with E-state index in [1.165, 1.54) is 13.9 Å². The van der Waals surface area contributed by atoms with Gasteiger partial charge < -0.3 is 9.80 Å². The van der Waals surface area contributed by atoms with Crippen molar-refractivity contribution < 1.29 is 13.2 Å². The molecule has 2 aliphatic rings. The highest BCUT2D eigenvalue weighted by Crippen LogP contribution is 2.32. The van der Waals surface area contributed by atoms with Crippen LogP contribution in [-0.2, 0) is 14.8 Å². The van der Waals surface area contributed by atoms with Crippen molar-refractivity contribution >= 4 is 54.4 Å². The van der Waals surface area contributed by atoms with Gasteiger partial charge in [0, 0.05) is 44.2 Å². The number of aryl methyl sites for hydroxylation is 1. The molecule has 2 saturated heterocycles. The Labute approximate surface area is 215 Å². The van der Waals surface area contributed by atoms with Gasteiger partial charge in [-0.05, 0) is 56.4 Å². The average Bonchev–Trinajstić information content (AvgIpc) is 3.32. The number of amides is 1. The van der Waals surface area contributed by atoms with Crippen LogP contribution in [0.25, 0.3) is 10.2 Å². The summed E-state index contributed by atoms with van der Waals surface area (Å²) in [6.45, 7) is 5.38. The number of nitrogens with zero attached hydrogens (tertiary/aromatic N) is 4. The molecule has 2 aromatic carbocycles.